The van der Waals surface area contributed by atoms with Gasteiger partial charge in [-0.15, -0.1) is 11.3 Å². The van der Waals surface area contributed by atoms with Crippen molar-refractivity contribution >= 4 is 17.2 Å². The molecule has 0 aliphatic rings. The van der Waals surface area contributed by atoms with Crippen LogP contribution in [0.5, 0.6) is 5.75 Å². The van der Waals surface area contributed by atoms with E-state index in [0.29, 0.717) is 30.9 Å². The highest BCUT2D eigenvalue weighted by atomic mass is 32.1. The number of hydrogen-bond acceptors (Lipinski definition) is 4. The molecule has 0 aliphatic carbocycles. The Hall–Kier alpha value is -2.73. The minimum Gasteiger partial charge on any atom is -0.493 e. The van der Waals surface area contributed by atoms with Crippen molar-refractivity contribution < 1.29 is 13.9 Å². The van der Waals surface area contributed by atoms with E-state index in [1.165, 1.54) is 12.1 Å². The number of halogens is 1. The highest BCUT2D eigenvalue weighted by Crippen LogP contribution is 2.28. The molecule has 3 rings (SSSR count). The van der Waals surface area contributed by atoms with Gasteiger partial charge in [-0.25, -0.2) is 9.37 Å². The number of aromatic nitrogens is 1. The van der Waals surface area contributed by atoms with Gasteiger partial charge in [0.05, 0.1) is 17.9 Å². The van der Waals surface area contributed by atoms with Gasteiger partial charge in [-0.1, -0.05) is 12.1 Å². The van der Waals surface area contributed by atoms with Gasteiger partial charge in [0, 0.05) is 23.4 Å². The molecule has 1 amide bonds. The summed E-state index contributed by atoms with van der Waals surface area (Å²) < 4.78 is 18.6. The number of hydrogen-bond donors (Lipinski definition) is 1. The number of nitrogens with zero attached hydrogens (tertiary/aromatic N) is 1. The second kappa shape index (κ2) is 8.77. The van der Waals surface area contributed by atoms with Crippen LogP contribution in [0, 0.1) is 12.7 Å². The normalized spacial score (nSPS) is 10.6. The van der Waals surface area contributed by atoms with Gasteiger partial charge in [-0.3, -0.25) is 4.79 Å². The zero-order valence-electron chi connectivity index (χ0n) is 15.3. The maximum Gasteiger partial charge on any atom is 0.255 e. The predicted molar refractivity (Wildman–Crippen MR) is 106 cm³/mol. The van der Waals surface area contributed by atoms with Crippen LogP contribution >= 0.6 is 11.3 Å². The first-order chi connectivity index (χ1) is 13.1. The third-order valence-corrected chi connectivity index (χ3v) is 5.32. The van der Waals surface area contributed by atoms with Crippen molar-refractivity contribution in [1.82, 2.24) is 10.3 Å². The molecule has 0 bridgehead atoms. The maximum absolute atomic E-state index is 13.1. The molecule has 0 atom stereocenters. The zero-order valence-corrected chi connectivity index (χ0v) is 16.1. The van der Waals surface area contributed by atoms with E-state index in [9.17, 15) is 9.18 Å². The number of para-hydroxylation sites is 1. The van der Waals surface area contributed by atoms with Crippen molar-refractivity contribution in [2.24, 2.45) is 0 Å². The number of rotatable bonds is 7. The first-order valence-corrected chi connectivity index (χ1v) is 9.62. The van der Waals surface area contributed by atoms with Crippen LogP contribution in [-0.4, -0.2) is 24.0 Å². The molecule has 6 heteroatoms. The van der Waals surface area contributed by atoms with E-state index < -0.39 is 0 Å². The Kier molecular flexibility index (Phi) is 6.19. The average Bonchev–Trinajstić information content (AvgIpc) is 3.03. The number of carbonyl (C=O) groups excluding carboxylic acids is 1. The minimum absolute atomic E-state index is 0.153. The molecule has 0 saturated heterocycles. The van der Waals surface area contributed by atoms with E-state index in [4.69, 9.17) is 4.74 Å². The largest absolute Gasteiger partial charge is 0.493 e. The summed E-state index contributed by atoms with van der Waals surface area (Å²) in [4.78, 5) is 18.1. The average molecular weight is 384 g/mol. The lowest BCUT2D eigenvalue weighted by molar-refractivity contribution is 0.0950. The molecule has 4 nitrogen and oxygen atoms in total. The molecule has 1 aromatic heterocycles. The molecule has 1 N–H and O–H groups in total. The molecule has 0 unspecified atom stereocenters. The molecule has 0 saturated carbocycles. The molecule has 1 heterocycles. The quantitative estimate of drug-likeness (QED) is 0.646. The van der Waals surface area contributed by atoms with Crippen molar-refractivity contribution in [2.75, 3.05) is 13.2 Å². The molecule has 0 aliphatic heterocycles. The second-order valence-electron chi connectivity index (χ2n) is 5.97. The van der Waals surface area contributed by atoms with Gasteiger partial charge in [0.2, 0.25) is 0 Å². The monoisotopic (exact) mass is 384 g/mol. The van der Waals surface area contributed by atoms with Crippen molar-refractivity contribution in [3.63, 3.8) is 0 Å². The lowest BCUT2D eigenvalue weighted by Crippen LogP contribution is -2.26. The first kappa shape index (κ1) is 19.0. The number of carbonyl (C=O) groups is 1. The third kappa shape index (κ3) is 4.71. The number of ether oxygens (including phenoxy) is 1. The van der Waals surface area contributed by atoms with Crippen LogP contribution in [0.25, 0.3) is 10.6 Å². The SMILES string of the molecule is CCOc1ccccc1C(=O)NCCc1sc(-c2ccc(F)cc2)nc1C. The number of thiazole rings is 1. The van der Waals surface area contributed by atoms with Crippen molar-refractivity contribution in [3.8, 4) is 16.3 Å². The number of aryl methyl sites for hydroxylation is 1. The van der Waals surface area contributed by atoms with Crippen LogP contribution in [-0.2, 0) is 6.42 Å². The van der Waals surface area contributed by atoms with Crippen LogP contribution in [0.3, 0.4) is 0 Å². The molecule has 27 heavy (non-hydrogen) atoms. The maximum atomic E-state index is 13.1. The lowest BCUT2D eigenvalue weighted by atomic mass is 10.2. The Bertz CT molecular complexity index is 922. The summed E-state index contributed by atoms with van der Waals surface area (Å²) in [6, 6.07) is 13.5. The van der Waals surface area contributed by atoms with Crippen LogP contribution in [0.15, 0.2) is 48.5 Å². The van der Waals surface area contributed by atoms with E-state index in [0.717, 1.165) is 21.1 Å². The van der Waals surface area contributed by atoms with Gasteiger partial charge in [-0.05, 0) is 50.2 Å². The van der Waals surface area contributed by atoms with Gasteiger partial charge in [-0.2, -0.15) is 0 Å². The summed E-state index contributed by atoms with van der Waals surface area (Å²) in [5, 5.41) is 3.80. The number of benzene rings is 2. The highest BCUT2D eigenvalue weighted by molar-refractivity contribution is 7.15. The fourth-order valence-corrected chi connectivity index (χ4v) is 3.76. The summed E-state index contributed by atoms with van der Waals surface area (Å²) in [6.07, 6.45) is 0.688. The van der Waals surface area contributed by atoms with E-state index in [1.54, 1.807) is 35.6 Å². The summed E-state index contributed by atoms with van der Waals surface area (Å²) in [6.45, 7) is 4.85. The molecule has 140 valence electrons. The Morgan fingerprint density at radius 2 is 1.93 bits per heavy atom. The Morgan fingerprint density at radius 3 is 2.67 bits per heavy atom. The van der Waals surface area contributed by atoms with Crippen molar-refractivity contribution in [2.45, 2.75) is 20.3 Å². The van der Waals surface area contributed by atoms with Gasteiger partial charge in [0.15, 0.2) is 0 Å². The van der Waals surface area contributed by atoms with Crippen LogP contribution in [0.4, 0.5) is 4.39 Å². The van der Waals surface area contributed by atoms with Gasteiger partial charge in [0.25, 0.3) is 5.91 Å². The van der Waals surface area contributed by atoms with E-state index >= 15 is 0 Å². The van der Waals surface area contributed by atoms with Crippen molar-refractivity contribution in [3.05, 3.63) is 70.5 Å². The molecular weight excluding hydrogens is 363 g/mol. The van der Waals surface area contributed by atoms with E-state index in [2.05, 4.69) is 10.3 Å². The fourth-order valence-electron chi connectivity index (χ4n) is 2.70. The molecule has 3 aromatic rings. The molecule has 0 spiro atoms. The first-order valence-electron chi connectivity index (χ1n) is 8.80. The van der Waals surface area contributed by atoms with Gasteiger partial charge in [0.1, 0.15) is 16.6 Å². The van der Waals surface area contributed by atoms with E-state index in [-0.39, 0.29) is 11.7 Å². The summed E-state index contributed by atoms with van der Waals surface area (Å²) in [5.74, 6) is 0.173. The second-order valence-corrected chi connectivity index (χ2v) is 7.05. The highest BCUT2D eigenvalue weighted by Gasteiger charge is 2.13. The Morgan fingerprint density at radius 1 is 1.19 bits per heavy atom. The smallest absolute Gasteiger partial charge is 0.255 e. The number of nitrogens with one attached hydrogen (secondary N) is 1. The van der Waals surface area contributed by atoms with Gasteiger partial charge < -0.3 is 10.1 Å². The zero-order chi connectivity index (χ0) is 19.2. The predicted octanol–water partition coefficient (Wildman–Crippen LogP) is 4.63. The van der Waals surface area contributed by atoms with Crippen LogP contribution in [0.2, 0.25) is 0 Å². The topological polar surface area (TPSA) is 51.2 Å². The van der Waals surface area contributed by atoms with Crippen LogP contribution in [0.1, 0.15) is 27.9 Å². The Labute approximate surface area is 162 Å². The Balaban J connectivity index is 1.62. The summed E-state index contributed by atoms with van der Waals surface area (Å²) in [7, 11) is 0. The van der Waals surface area contributed by atoms with E-state index in [1.807, 2.05) is 26.0 Å². The molecule has 0 radical (unpaired) electrons. The summed E-state index contributed by atoms with van der Waals surface area (Å²) >= 11 is 1.57. The van der Waals surface area contributed by atoms with Crippen molar-refractivity contribution in [1.29, 1.82) is 0 Å². The standard InChI is InChI=1S/C21H21FN2O2S/c1-3-26-18-7-5-4-6-17(18)20(25)23-13-12-19-14(2)24-21(27-19)15-8-10-16(22)11-9-15/h4-11H,3,12-13H2,1-2H3,(H,23,25). The fraction of sp³-hybridized carbons (Fsp3) is 0.238. The van der Waals surface area contributed by atoms with Crippen LogP contribution < -0.4 is 10.1 Å². The molecule has 2 aromatic carbocycles. The summed E-state index contributed by atoms with van der Waals surface area (Å²) in [5.41, 5.74) is 2.36. The van der Waals surface area contributed by atoms with Gasteiger partial charge >= 0.3 is 0 Å². The minimum atomic E-state index is -0.262. The lowest BCUT2D eigenvalue weighted by Gasteiger charge is -2.10. The molecular formula is C21H21FN2O2S. The third-order valence-electron chi connectivity index (χ3n) is 4.05. The molecule has 0 fully saturated rings. The number of amides is 1.